The van der Waals surface area contributed by atoms with Gasteiger partial charge in [-0.15, -0.1) is 0 Å². The predicted octanol–water partition coefficient (Wildman–Crippen LogP) is 2.44. The maximum absolute atomic E-state index is 12.3. The van der Waals surface area contributed by atoms with E-state index in [1.807, 2.05) is 19.1 Å². The highest BCUT2D eigenvalue weighted by Gasteiger charge is 2.21. The van der Waals surface area contributed by atoms with Crippen LogP contribution in [-0.2, 0) is 26.0 Å². The molecule has 0 bridgehead atoms. The summed E-state index contributed by atoms with van der Waals surface area (Å²) >= 11 is 0. The van der Waals surface area contributed by atoms with Gasteiger partial charge in [0, 0.05) is 5.69 Å². The molecule has 0 radical (unpaired) electrons. The van der Waals surface area contributed by atoms with Crippen molar-refractivity contribution in [3.8, 4) is 0 Å². The van der Waals surface area contributed by atoms with Crippen LogP contribution in [-0.4, -0.2) is 40.2 Å². The van der Waals surface area contributed by atoms with Gasteiger partial charge in [0.2, 0.25) is 15.9 Å². The summed E-state index contributed by atoms with van der Waals surface area (Å²) in [6, 6.07) is 13.1. The molecule has 0 aromatic heterocycles. The van der Waals surface area contributed by atoms with Crippen LogP contribution in [0, 0.1) is 0 Å². The summed E-state index contributed by atoms with van der Waals surface area (Å²) in [6.45, 7) is 1.64. The monoisotopic (exact) mass is 390 g/mol. The smallest absolute Gasteiger partial charge is 0.337 e. The third-order valence-corrected chi connectivity index (χ3v) is 5.05. The second-order valence-electron chi connectivity index (χ2n) is 5.91. The average molecular weight is 390 g/mol. The summed E-state index contributed by atoms with van der Waals surface area (Å²) in [5, 5.41) is 2.62. The van der Waals surface area contributed by atoms with Crippen molar-refractivity contribution in [2.45, 2.75) is 13.3 Å². The molecule has 0 spiro atoms. The van der Waals surface area contributed by atoms with Crippen molar-refractivity contribution in [3.05, 3.63) is 59.7 Å². The number of methoxy groups -OCH3 is 1. The molecule has 0 saturated heterocycles. The molecule has 2 aromatic carbocycles. The van der Waals surface area contributed by atoms with Gasteiger partial charge >= 0.3 is 5.97 Å². The van der Waals surface area contributed by atoms with Crippen molar-refractivity contribution < 1.29 is 22.7 Å². The fourth-order valence-corrected chi connectivity index (χ4v) is 3.29. The van der Waals surface area contributed by atoms with E-state index in [-0.39, 0.29) is 6.54 Å². The summed E-state index contributed by atoms with van der Waals surface area (Å²) in [5.41, 5.74) is 2.29. The maximum Gasteiger partial charge on any atom is 0.337 e. The molecule has 8 heteroatoms. The number of ether oxygens (including phenoxy) is 1. The molecule has 7 nitrogen and oxygen atoms in total. The number of rotatable bonds is 7. The van der Waals surface area contributed by atoms with Crippen molar-refractivity contribution in [1.29, 1.82) is 0 Å². The van der Waals surface area contributed by atoms with Crippen LogP contribution < -0.4 is 9.62 Å². The first-order valence-corrected chi connectivity index (χ1v) is 10.1. The molecular formula is C19H22N2O5S. The van der Waals surface area contributed by atoms with Gasteiger partial charge in [-0.25, -0.2) is 13.2 Å². The molecule has 144 valence electrons. The van der Waals surface area contributed by atoms with Gasteiger partial charge in [-0.3, -0.25) is 9.10 Å². The van der Waals surface area contributed by atoms with Gasteiger partial charge in [0.1, 0.15) is 6.54 Å². The lowest BCUT2D eigenvalue weighted by atomic mass is 10.1. The molecule has 0 aliphatic heterocycles. The molecule has 27 heavy (non-hydrogen) atoms. The van der Waals surface area contributed by atoms with Crippen LogP contribution in [0.3, 0.4) is 0 Å². The zero-order valence-corrected chi connectivity index (χ0v) is 16.2. The first kappa shape index (κ1) is 20.4. The number of esters is 1. The second kappa shape index (κ2) is 8.68. The Balaban J connectivity index is 2.13. The van der Waals surface area contributed by atoms with Crippen molar-refractivity contribution in [2.75, 3.05) is 29.5 Å². The summed E-state index contributed by atoms with van der Waals surface area (Å²) in [6.07, 6.45) is 1.89. The van der Waals surface area contributed by atoms with Gasteiger partial charge in [-0.05, 0) is 48.4 Å². The Morgan fingerprint density at radius 3 is 2.11 bits per heavy atom. The van der Waals surface area contributed by atoms with E-state index in [1.165, 1.54) is 19.2 Å². The van der Waals surface area contributed by atoms with Crippen LogP contribution in [0.4, 0.5) is 11.4 Å². The number of carbonyl (C=O) groups excluding carboxylic acids is 2. The molecule has 2 rings (SSSR count). The number of hydrogen-bond donors (Lipinski definition) is 1. The third-order valence-electron chi connectivity index (χ3n) is 3.91. The Hall–Kier alpha value is -2.87. The highest BCUT2D eigenvalue weighted by atomic mass is 32.2. The summed E-state index contributed by atoms with van der Waals surface area (Å²) < 4.78 is 29.9. The van der Waals surface area contributed by atoms with E-state index >= 15 is 0 Å². The van der Waals surface area contributed by atoms with E-state index in [4.69, 9.17) is 0 Å². The molecule has 2 aromatic rings. The molecule has 0 heterocycles. The first-order chi connectivity index (χ1) is 12.7. The van der Waals surface area contributed by atoms with Crippen molar-refractivity contribution in [3.63, 3.8) is 0 Å². The molecule has 0 saturated carbocycles. The normalized spacial score (nSPS) is 10.9. The summed E-state index contributed by atoms with van der Waals surface area (Å²) in [7, 11) is -2.35. The second-order valence-corrected chi connectivity index (χ2v) is 7.81. The molecule has 0 aliphatic carbocycles. The van der Waals surface area contributed by atoms with Crippen molar-refractivity contribution in [2.24, 2.45) is 0 Å². The van der Waals surface area contributed by atoms with Crippen LogP contribution in [0.15, 0.2) is 48.5 Å². The highest BCUT2D eigenvalue weighted by molar-refractivity contribution is 7.92. The number of nitrogens with one attached hydrogen (secondary N) is 1. The Morgan fingerprint density at radius 2 is 1.63 bits per heavy atom. The predicted molar refractivity (Wildman–Crippen MR) is 104 cm³/mol. The van der Waals surface area contributed by atoms with Crippen LogP contribution in [0.25, 0.3) is 0 Å². The Kier molecular flexibility index (Phi) is 6.57. The largest absolute Gasteiger partial charge is 0.465 e. The van der Waals surface area contributed by atoms with Crippen molar-refractivity contribution in [1.82, 2.24) is 0 Å². The lowest BCUT2D eigenvalue weighted by Crippen LogP contribution is -2.37. The van der Waals surface area contributed by atoms with Crippen LogP contribution in [0.1, 0.15) is 22.8 Å². The molecule has 1 N–H and O–H groups in total. The third kappa shape index (κ3) is 5.55. The van der Waals surface area contributed by atoms with Gasteiger partial charge in [-0.1, -0.05) is 19.1 Å². The van der Waals surface area contributed by atoms with Gasteiger partial charge in [0.15, 0.2) is 0 Å². The van der Waals surface area contributed by atoms with Gasteiger partial charge < -0.3 is 10.1 Å². The van der Waals surface area contributed by atoms with E-state index in [0.29, 0.717) is 16.9 Å². The number of amides is 1. The van der Waals surface area contributed by atoms with Gasteiger partial charge in [0.05, 0.1) is 24.6 Å². The lowest BCUT2D eigenvalue weighted by molar-refractivity contribution is -0.114. The number of hydrogen-bond acceptors (Lipinski definition) is 5. The van der Waals surface area contributed by atoms with Crippen LogP contribution >= 0.6 is 0 Å². The Bertz CT molecular complexity index is 906. The zero-order chi connectivity index (χ0) is 20.0. The Labute approximate surface area is 159 Å². The van der Waals surface area contributed by atoms with Gasteiger partial charge in [0.25, 0.3) is 0 Å². The minimum Gasteiger partial charge on any atom is -0.465 e. The first-order valence-electron chi connectivity index (χ1n) is 8.29. The van der Waals surface area contributed by atoms with E-state index in [0.717, 1.165) is 22.5 Å². The summed E-state index contributed by atoms with van der Waals surface area (Å²) in [4.78, 5) is 23.8. The van der Waals surface area contributed by atoms with Crippen LogP contribution in [0.2, 0.25) is 0 Å². The summed E-state index contributed by atoms with van der Waals surface area (Å²) in [5.74, 6) is -0.975. The highest BCUT2D eigenvalue weighted by Crippen LogP contribution is 2.19. The average Bonchev–Trinajstić information content (AvgIpc) is 2.65. The number of benzene rings is 2. The standard InChI is InChI=1S/C19H22N2O5S/c1-4-14-5-11-17(12-6-14)21(27(3,24)25)13-18(22)20-16-9-7-15(8-10-16)19(23)26-2/h5-12H,4,13H2,1-3H3,(H,20,22). The number of nitrogens with zero attached hydrogens (tertiary/aromatic N) is 1. The zero-order valence-electron chi connectivity index (χ0n) is 15.4. The van der Waals surface area contributed by atoms with E-state index in [1.54, 1.807) is 24.3 Å². The molecule has 0 fully saturated rings. The molecule has 0 atom stereocenters. The van der Waals surface area contributed by atoms with E-state index < -0.39 is 21.9 Å². The lowest BCUT2D eigenvalue weighted by Gasteiger charge is -2.22. The quantitative estimate of drug-likeness (QED) is 0.733. The van der Waals surface area contributed by atoms with Crippen molar-refractivity contribution >= 4 is 33.3 Å². The number of aryl methyl sites for hydroxylation is 1. The molecule has 0 unspecified atom stereocenters. The number of carbonyl (C=O) groups is 2. The topological polar surface area (TPSA) is 92.8 Å². The SMILES string of the molecule is CCc1ccc(N(CC(=O)Nc2ccc(C(=O)OC)cc2)S(C)(=O)=O)cc1. The molecule has 1 amide bonds. The minimum absolute atomic E-state index is 0.351. The fraction of sp³-hybridized carbons (Fsp3) is 0.263. The maximum atomic E-state index is 12.3. The van der Waals surface area contributed by atoms with E-state index in [2.05, 4.69) is 10.1 Å². The molecule has 0 aliphatic rings. The number of anilines is 2. The number of sulfonamides is 1. The van der Waals surface area contributed by atoms with E-state index in [9.17, 15) is 18.0 Å². The molecular weight excluding hydrogens is 368 g/mol. The fourth-order valence-electron chi connectivity index (χ4n) is 2.44. The van der Waals surface area contributed by atoms with Gasteiger partial charge in [-0.2, -0.15) is 0 Å². The Morgan fingerprint density at radius 1 is 1.04 bits per heavy atom. The van der Waals surface area contributed by atoms with Crippen LogP contribution in [0.5, 0.6) is 0 Å². The minimum atomic E-state index is -3.63.